The summed E-state index contributed by atoms with van der Waals surface area (Å²) in [5.74, 6) is 2.92. The average Bonchev–Trinajstić information content (AvgIpc) is 3.12. The average molecular weight is 401 g/mol. The number of ether oxygens (including phenoxy) is 2. The maximum Gasteiger partial charge on any atom is 0.177 e. The Balaban J connectivity index is 2.05. The molecule has 2 aromatic carbocycles. The first-order chi connectivity index (χ1) is 12.1. The van der Waals surface area contributed by atoms with Gasteiger partial charge >= 0.3 is 0 Å². The molecule has 25 heavy (non-hydrogen) atoms. The SMILES string of the molecule is COc1cc2c(nc(-c3nc4ccccc4n3C)n2C)c(OC)c1Br. The number of halogens is 1. The lowest BCUT2D eigenvalue weighted by atomic mass is 10.2. The van der Waals surface area contributed by atoms with Crippen LogP contribution in [0.1, 0.15) is 0 Å². The fourth-order valence-corrected chi connectivity index (χ4v) is 3.75. The second-order valence-electron chi connectivity index (χ2n) is 5.77. The van der Waals surface area contributed by atoms with Crippen molar-refractivity contribution >= 4 is 38.0 Å². The van der Waals surface area contributed by atoms with E-state index in [2.05, 4.69) is 26.6 Å². The first kappa shape index (κ1) is 16.0. The molecule has 0 fully saturated rings. The zero-order valence-electron chi connectivity index (χ0n) is 14.4. The fourth-order valence-electron chi connectivity index (χ4n) is 3.13. The van der Waals surface area contributed by atoms with Gasteiger partial charge in [-0.15, -0.1) is 0 Å². The molecule has 0 spiro atoms. The molecule has 0 unspecified atom stereocenters. The Morgan fingerprint density at radius 2 is 1.60 bits per heavy atom. The first-order valence-corrected chi connectivity index (χ1v) is 8.54. The quantitative estimate of drug-likeness (QED) is 0.523. The Bertz CT molecular complexity index is 1110. The minimum atomic E-state index is 0.648. The molecule has 0 saturated carbocycles. The summed E-state index contributed by atoms with van der Waals surface area (Å²) in [6.45, 7) is 0. The molecular formula is C18H17BrN4O2. The highest BCUT2D eigenvalue weighted by atomic mass is 79.9. The number of hydrogen-bond acceptors (Lipinski definition) is 4. The Labute approximate surface area is 153 Å². The number of aryl methyl sites for hydroxylation is 2. The van der Waals surface area contributed by atoms with Gasteiger partial charge in [-0.2, -0.15) is 0 Å². The zero-order chi connectivity index (χ0) is 17.7. The highest BCUT2D eigenvalue weighted by Gasteiger charge is 2.22. The molecular weight excluding hydrogens is 384 g/mol. The molecule has 2 heterocycles. The molecule has 0 aliphatic heterocycles. The lowest BCUT2D eigenvalue weighted by molar-refractivity contribution is 0.392. The molecule has 0 amide bonds. The minimum Gasteiger partial charge on any atom is -0.495 e. The zero-order valence-corrected chi connectivity index (χ0v) is 16.0. The third kappa shape index (κ3) is 2.22. The van der Waals surface area contributed by atoms with E-state index in [1.807, 2.05) is 42.9 Å². The second kappa shape index (κ2) is 5.77. The van der Waals surface area contributed by atoms with Crippen molar-refractivity contribution < 1.29 is 9.47 Å². The molecule has 0 aliphatic carbocycles. The third-order valence-corrected chi connectivity index (χ3v) is 5.20. The van der Waals surface area contributed by atoms with Gasteiger partial charge in [-0.3, -0.25) is 0 Å². The number of fused-ring (bicyclic) bond motifs is 2. The maximum atomic E-state index is 5.56. The monoisotopic (exact) mass is 400 g/mol. The molecule has 7 heteroatoms. The van der Waals surface area contributed by atoms with E-state index in [4.69, 9.17) is 19.4 Å². The molecule has 128 valence electrons. The van der Waals surface area contributed by atoms with Gasteiger partial charge in [-0.1, -0.05) is 12.1 Å². The van der Waals surface area contributed by atoms with E-state index in [1.165, 1.54) is 0 Å². The fraction of sp³-hybridized carbons (Fsp3) is 0.222. The van der Waals surface area contributed by atoms with Crippen LogP contribution in [-0.2, 0) is 14.1 Å². The second-order valence-corrected chi connectivity index (χ2v) is 6.56. The van der Waals surface area contributed by atoms with Crippen molar-refractivity contribution in [3.8, 4) is 23.1 Å². The largest absolute Gasteiger partial charge is 0.495 e. The highest BCUT2D eigenvalue weighted by molar-refractivity contribution is 9.10. The van der Waals surface area contributed by atoms with Gasteiger partial charge in [0.15, 0.2) is 17.4 Å². The summed E-state index contributed by atoms with van der Waals surface area (Å²) in [5, 5.41) is 0. The summed E-state index contributed by atoms with van der Waals surface area (Å²) in [5.41, 5.74) is 3.69. The van der Waals surface area contributed by atoms with Crippen LogP contribution < -0.4 is 9.47 Å². The van der Waals surface area contributed by atoms with Crippen LogP contribution >= 0.6 is 15.9 Å². The number of imidazole rings is 2. The van der Waals surface area contributed by atoms with Crippen molar-refractivity contribution in [1.82, 2.24) is 19.1 Å². The standard InChI is InChI=1S/C18H17BrN4O2/c1-22-11-8-6-5-7-10(11)20-17(22)18-21-15-12(23(18)2)9-13(24-3)14(19)16(15)25-4/h5-9H,1-4H3. The van der Waals surface area contributed by atoms with Gasteiger partial charge in [0.2, 0.25) is 0 Å². The first-order valence-electron chi connectivity index (χ1n) is 7.75. The Morgan fingerprint density at radius 3 is 2.28 bits per heavy atom. The molecule has 4 aromatic rings. The van der Waals surface area contributed by atoms with E-state index in [0.29, 0.717) is 11.5 Å². The van der Waals surface area contributed by atoms with Gasteiger partial charge in [0, 0.05) is 20.2 Å². The summed E-state index contributed by atoms with van der Waals surface area (Å²) in [6, 6.07) is 9.99. The van der Waals surface area contributed by atoms with Crippen LogP contribution in [0.5, 0.6) is 11.5 Å². The number of aromatic nitrogens is 4. The van der Waals surface area contributed by atoms with Gasteiger partial charge in [0.05, 0.1) is 30.8 Å². The number of benzene rings is 2. The van der Waals surface area contributed by atoms with Gasteiger partial charge in [0.25, 0.3) is 0 Å². The normalized spacial score (nSPS) is 11.4. The van der Waals surface area contributed by atoms with E-state index >= 15 is 0 Å². The minimum absolute atomic E-state index is 0.648. The Kier molecular flexibility index (Phi) is 3.68. The molecule has 0 radical (unpaired) electrons. The van der Waals surface area contributed by atoms with Crippen LogP contribution in [0.15, 0.2) is 34.8 Å². The number of hydrogen-bond donors (Lipinski definition) is 0. The van der Waals surface area contributed by atoms with E-state index < -0.39 is 0 Å². The summed E-state index contributed by atoms with van der Waals surface area (Å²) in [7, 11) is 7.23. The van der Waals surface area contributed by atoms with Crippen molar-refractivity contribution in [1.29, 1.82) is 0 Å². The van der Waals surface area contributed by atoms with Crippen LogP contribution in [0.4, 0.5) is 0 Å². The van der Waals surface area contributed by atoms with Crippen molar-refractivity contribution in [2.45, 2.75) is 0 Å². The highest BCUT2D eigenvalue weighted by Crippen LogP contribution is 2.41. The van der Waals surface area contributed by atoms with E-state index in [9.17, 15) is 0 Å². The molecule has 4 rings (SSSR count). The summed E-state index contributed by atoms with van der Waals surface area (Å²) >= 11 is 3.54. The number of para-hydroxylation sites is 2. The molecule has 0 N–H and O–H groups in total. The van der Waals surface area contributed by atoms with E-state index in [0.717, 1.165) is 38.2 Å². The van der Waals surface area contributed by atoms with Crippen molar-refractivity contribution in [2.75, 3.05) is 14.2 Å². The van der Waals surface area contributed by atoms with Crippen LogP contribution in [-0.4, -0.2) is 33.3 Å². The topological polar surface area (TPSA) is 54.1 Å². The van der Waals surface area contributed by atoms with Crippen LogP contribution in [0.25, 0.3) is 33.7 Å². The summed E-state index contributed by atoms with van der Waals surface area (Å²) in [4.78, 5) is 9.57. The van der Waals surface area contributed by atoms with E-state index in [-0.39, 0.29) is 0 Å². The Hall–Kier alpha value is -2.54. The Morgan fingerprint density at radius 1 is 0.920 bits per heavy atom. The molecule has 6 nitrogen and oxygen atoms in total. The van der Waals surface area contributed by atoms with E-state index in [1.54, 1.807) is 14.2 Å². The lowest BCUT2D eigenvalue weighted by Crippen LogP contribution is -1.99. The van der Waals surface area contributed by atoms with Crippen molar-refractivity contribution in [3.05, 3.63) is 34.8 Å². The molecule has 2 aromatic heterocycles. The maximum absolute atomic E-state index is 5.56. The van der Waals surface area contributed by atoms with Gasteiger partial charge in [0.1, 0.15) is 15.7 Å². The van der Waals surface area contributed by atoms with Crippen LogP contribution in [0.2, 0.25) is 0 Å². The molecule has 0 aliphatic rings. The van der Waals surface area contributed by atoms with Crippen LogP contribution in [0.3, 0.4) is 0 Å². The molecule has 0 bridgehead atoms. The van der Waals surface area contributed by atoms with Gasteiger partial charge in [-0.25, -0.2) is 9.97 Å². The number of methoxy groups -OCH3 is 2. The summed E-state index contributed by atoms with van der Waals surface area (Å²) in [6.07, 6.45) is 0. The number of rotatable bonds is 3. The van der Waals surface area contributed by atoms with Crippen molar-refractivity contribution in [3.63, 3.8) is 0 Å². The third-order valence-electron chi connectivity index (χ3n) is 4.45. The smallest absolute Gasteiger partial charge is 0.177 e. The molecule has 0 atom stereocenters. The predicted octanol–water partition coefficient (Wildman–Crippen LogP) is 3.91. The predicted molar refractivity (Wildman–Crippen MR) is 101 cm³/mol. The lowest BCUT2D eigenvalue weighted by Gasteiger charge is -2.09. The van der Waals surface area contributed by atoms with Crippen LogP contribution in [0, 0.1) is 0 Å². The number of nitrogens with zero attached hydrogens (tertiary/aromatic N) is 4. The summed E-state index contributed by atoms with van der Waals surface area (Å²) < 4.78 is 15.8. The molecule has 0 saturated heterocycles. The van der Waals surface area contributed by atoms with Gasteiger partial charge < -0.3 is 18.6 Å². The van der Waals surface area contributed by atoms with Crippen molar-refractivity contribution in [2.24, 2.45) is 14.1 Å². The van der Waals surface area contributed by atoms with Gasteiger partial charge in [-0.05, 0) is 28.1 Å².